The highest BCUT2D eigenvalue weighted by Crippen LogP contribution is 2.52. The van der Waals surface area contributed by atoms with Gasteiger partial charge in [0.05, 0.1) is 0 Å². The van der Waals surface area contributed by atoms with Crippen LogP contribution >= 0.6 is 0 Å². The van der Waals surface area contributed by atoms with Crippen LogP contribution in [-0.4, -0.2) is 22.2 Å². The minimum absolute atomic E-state index is 0.151. The van der Waals surface area contributed by atoms with E-state index in [-0.39, 0.29) is 19.4 Å². The monoisotopic (exact) mass is 215 g/mol. The SMILES string of the molecule is CCn1nccc1C1(CN)CC(F)(F)C1. The molecule has 2 N–H and O–H groups in total. The molecule has 0 atom stereocenters. The highest BCUT2D eigenvalue weighted by Gasteiger charge is 2.57. The van der Waals surface area contributed by atoms with Crippen molar-refractivity contribution in [1.82, 2.24) is 9.78 Å². The van der Waals surface area contributed by atoms with Gasteiger partial charge in [0, 0.05) is 43.2 Å². The molecule has 1 heterocycles. The summed E-state index contributed by atoms with van der Waals surface area (Å²) in [7, 11) is 0. The summed E-state index contributed by atoms with van der Waals surface area (Å²) in [5.74, 6) is -2.55. The Hall–Kier alpha value is -0.970. The van der Waals surface area contributed by atoms with Gasteiger partial charge in [-0.1, -0.05) is 0 Å². The van der Waals surface area contributed by atoms with E-state index in [9.17, 15) is 8.78 Å². The minimum Gasteiger partial charge on any atom is -0.330 e. The van der Waals surface area contributed by atoms with E-state index in [1.54, 1.807) is 16.9 Å². The molecule has 5 heteroatoms. The largest absolute Gasteiger partial charge is 0.330 e. The molecule has 0 unspecified atom stereocenters. The van der Waals surface area contributed by atoms with Crippen LogP contribution in [0.25, 0.3) is 0 Å². The molecule has 0 spiro atoms. The van der Waals surface area contributed by atoms with Crippen LogP contribution in [0.4, 0.5) is 8.78 Å². The fourth-order valence-electron chi connectivity index (χ4n) is 2.40. The third-order valence-corrected chi connectivity index (χ3v) is 3.14. The normalized spacial score (nSPS) is 22.4. The van der Waals surface area contributed by atoms with Gasteiger partial charge in [-0.15, -0.1) is 0 Å². The average molecular weight is 215 g/mol. The van der Waals surface area contributed by atoms with Gasteiger partial charge in [0.1, 0.15) is 0 Å². The second-order valence-corrected chi connectivity index (χ2v) is 4.23. The standard InChI is InChI=1S/C10H15F2N3/c1-2-15-8(3-4-14-15)9(7-13)5-10(11,12)6-9/h3-4H,2,5-7,13H2,1H3. The number of hydrogen-bond donors (Lipinski definition) is 1. The summed E-state index contributed by atoms with van der Waals surface area (Å²) in [6.07, 6.45) is 1.34. The molecule has 15 heavy (non-hydrogen) atoms. The van der Waals surface area contributed by atoms with Crippen molar-refractivity contribution in [1.29, 1.82) is 0 Å². The van der Waals surface area contributed by atoms with Crippen molar-refractivity contribution in [3.05, 3.63) is 18.0 Å². The number of rotatable bonds is 3. The maximum absolute atomic E-state index is 13.0. The zero-order valence-electron chi connectivity index (χ0n) is 8.71. The number of halogens is 2. The van der Waals surface area contributed by atoms with Crippen LogP contribution in [0.1, 0.15) is 25.5 Å². The van der Waals surface area contributed by atoms with Crippen LogP contribution in [-0.2, 0) is 12.0 Å². The summed E-state index contributed by atoms with van der Waals surface area (Å²) >= 11 is 0. The lowest BCUT2D eigenvalue weighted by molar-refractivity contribution is -0.126. The van der Waals surface area contributed by atoms with Crippen molar-refractivity contribution in [2.24, 2.45) is 5.73 Å². The van der Waals surface area contributed by atoms with E-state index in [0.717, 1.165) is 5.69 Å². The summed E-state index contributed by atoms with van der Waals surface area (Å²) < 4.78 is 27.7. The number of aryl methyl sites for hydroxylation is 1. The fourth-order valence-corrected chi connectivity index (χ4v) is 2.40. The molecule has 3 nitrogen and oxygen atoms in total. The molecule has 0 amide bonds. The van der Waals surface area contributed by atoms with Crippen LogP contribution in [0.5, 0.6) is 0 Å². The van der Waals surface area contributed by atoms with Crippen LogP contribution in [0, 0.1) is 0 Å². The van der Waals surface area contributed by atoms with Crippen molar-refractivity contribution >= 4 is 0 Å². The van der Waals surface area contributed by atoms with Crippen molar-refractivity contribution in [3.8, 4) is 0 Å². The van der Waals surface area contributed by atoms with Crippen LogP contribution in [0.2, 0.25) is 0 Å². The summed E-state index contributed by atoms with van der Waals surface area (Å²) in [6.45, 7) is 2.89. The van der Waals surface area contributed by atoms with Crippen LogP contribution in [0.15, 0.2) is 12.3 Å². The van der Waals surface area contributed by atoms with Gasteiger partial charge >= 0.3 is 0 Å². The quantitative estimate of drug-likeness (QED) is 0.831. The number of aromatic nitrogens is 2. The Morgan fingerprint density at radius 3 is 2.67 bits per heavy atom. The lowest BCUT2D eigenvalue weighted by Crippen LogP contribution is -2.54. The third-order valence-electron chi connectivity index (χ3n) is 3.14. The molecule has 0 aromatic carbocycles. The van der Waals surface area contributed by atoms with Gasteiger partial charge in [-0.2, -0.15) is 5.10 Å². The van der Waals surface area contributed by atoms with E-state index >= 15 is 0 Å². The Morgan fingerprint density at radius 2 is 2.20 bits per heavy atom. The average Bonchev–Trinajstić information content (AvgIpc) is 2.61. The Morgan fingerprint density at radius 1 is 1.53 bits per heavy atom. The minimum atomic E-state index is -2.55. The van der Waals surface area contributed by atoms with Gasteiger partial charge in [-0.3, -0.25) is 4.68 Å². The molecule has 1 fully saturated rings. The smallest absolute Gasteiger partial charge is 0.250 e. The molecule has 1 aromatic rings. The number of alkyl halides is 2. The van der Waals surface area contributed by atoms with E-state index in [4.69, 9.17) is 5.73 Å². The van der Waals surface area contributed by atoms with Crippen molar-refractivity contribution in [2.45, 2.75) is 37.6 Å². The Labute approximate surface area is 87.3 Å². The van der Waals surface area contributed by atoms with E-state index in [0.29, 0.717) is 6.54 Å². The molecule has 0 bridgehead atoms. The lowest BCUT2D eigenvalue weighted by Gasteiger charge is -2.46. The second kappa shape index (κ2) is 3.27. The van der Waals surface area contributed by atoms with Crippen LogP contribution < -0.4 is 5.73 Å². The van der Waals surface area contributed by atoms with E-state index < -0.39 is 11.3 Å². The zero-order valence-corrected chi connectivity index (χ0v) is 8.71. The molecule has 1 aliphatic rings. The molecule has 0 saturated heterocycles. The van der Waals surface area contributed by atoms with E-state index in [1.165, 1.54) is 0 Å². The maximum Gasteiger partial charge on any atom is 0.250 e. The topological polar surface area (TPSA) is 43.8 Å². The molecule has 2 rings (SSSR count). The van der Waals surface area contributed by atoms with Crippen LogP contribution in [0.3, 0.4) is 0 Å². The molecule has 0 aliphatic heterocycles. The second-order valence-electron chi connectivity index (χ2n) is 4.23. The Balaban J connectivity index is 2.29. The fraction of sp³-hybridized carbons (Fsp3) is 0.700. The molecule has 1 aliphatic carbocycles. The van der Waals surface area contributed by atoms with Gasteiger partial charge < -0.3 is 5.73 Å². The van der Waals surface area contributed by atoms with Crippen molar-refractivity contribution in [3.63, 3.8) is 0 Å². The van der Waals surface area contributed by atoms with Crippen molar-refractivity contribution in [2.75, 3.05) is 6.54 Å². The zero-order chi connectivity index (χ0) is 11.1. The molecule has 84 valence electrons. The lowest BCUT2D eigenvalue weighted by atomic mass is 9.64. The summed E-state index contributed by atoms with van der Waals surface area (Å²) in [6, 6.07) is 1.80. The first-order valence-electron chi connectivity index (χ1n) is 5.13. The predicted molar refractivity (Wildman–Crippen MR) is 52.8 cm³/mol. The summed E-state index contributed by atoms with van der Waals surface area (Å²) in [5.41, 5.74) is 5.92. The highest BCUT2D eigenvalue weighted by molar-refractivity contribution is 5.24. The number of nitrogens with zero attached hydrogens (tertiary/aromatic N) is 2. The van der Waals surface area contributed by atoms with Gasteiger partial charge in [0.15, 0.2) is 0 Å². The Bertz CT molecular complexity index is 351. The van der Waals surface area contributed by atoms with Gasteiger partial charge in [-0.05, 0) is 13.0 Å². The van der Waals surface area contributed by atoms with E-state index in [1.807, 2.05) is 6.92 Å². The first-order valence-corrected chi connectivity index (χ1v) is 5.13. The molecular formula is C10H15F2N3. The number of hydrogen-bond acceptors (Lipinski definition) is 2. The maximum atomic E-state index is 13.0. The molecular weight excluding hydrogens is 200 g/mol. The van der Waals surface area contributed by atoms with Gasteiger partial charge in [-0.25, -0.2) is 8.78 Å². The van der Waals surface area contributed by atoms with Gasteiger partial charge in [0.25, 0.3) is 0 Å². The highest BCUT2D eigenvalue weighted by atomic mass is 19.3. The molecule has 1 saturated carbocycles. The third kappa shape index (κ3) is 1.55. The van der Waals surface area contributed by atoms with E-state index in [2.05, 4.69) is 5.10 Å². The molecule has 1 aromatic heterocycles. The summed E-state index contributed by atoms with van der Waals surface area (Å²) in [4.78, 5) is 0. The Kier molecular flexibility index (Phi) is 2.30. The predicted octanol–water partition coefficient (Wildman–Crippen LogP) is 1.53. The summed E-state index contributed by atoms with van der Waals surface area (Å²) in [5, 5.41) is 4.09. The number of nitrogens with two attached hydrogens (primary N) is 1. The van der Waals surface area contributed by atoms with Crippen molar-refractivity contribution < 1.29 is 8.78 Å². The first kappa shape index (κ1) is 10.5. The van der Waals surface area contributed by atoms with Gasteiger partial charge in [0.2, 0.25) is 5.92 Å². The molecule has 0 radical (unpaired) electrons. The first-order chi connectivity index (χ1) is 7.03.